The third kappa shape index (κ3) is 5.94. The van der Waals surface area contributed by atoms with Crippen LogP contribution in [0.1, 0.15) is 50.8 Å². The van der Waals surface area contributed by atoms with E-state index in [9.17, 15) is 18.4 Å². The van der Waals surface area contributed by atoms with Crippen LogP contribution in [0, 0.1) is 5.41 Å². The zero-order valence-corrected chi connectivity index (χ0v) is 17.4. The second-order valence-electron chi connectivity index (χ2n) is 8.29. The van der Waals surface area contributed by atoms with Gasteiger partial charge in [-0.1, -0.05) is 32.9 Å². The molecule has 0 spiro atoms. The van der Waals surface area contributed by atoms with Crippen molar-refractivity contribution < 1.29 is 23.1 Å². The maximum Gasteiger partial charge on any atom is 0.387 e. The number of carbonyl (C=O) groups excluding carboxylic acids is 2. The van der Waals surface area contributed by atoms with Crippen molar-refractivity contribution in [3.05, 3.63) is 54.1 Å². The number of rotatable bonds is 6. The number of ether oxygens (including phenoxy) is 1. The van der Waals surface area contributed by atoms with Gasteiger partial charge < -0.3 is 15.4 Å². The van der Waals surface area contributed by atoms with E-state index >= 15 is 0 Å². The van der Waals surface area contributed by atoms with Crippen molar-refractivity contribution in [3.8, 4) is 5.75 Å². The van der Waals surface area contributed by atoms with E-state index in [0.29, 0.717) is 5.82 Å². The van der Waals surface area contributed by atoms with Gasteiger partial charge in [0.15, 0.2) is 5.82 Å². The van der Waals surface area contributed by atoms with Crippen molar-refractivity contribution in [1.82, 2.24) is 25.9 Å². The topological polar surface area (TPSA) is 105 Å². The smallest absolute Gasteiger partial charge is 0.387 e. The van der Waals surface area contributed by atoms with Gasteiger partial charge in [0.2, 0.25) is 11.8 Å². The summed E-state index contributed by atoms with van der Waals surface area (Å²) < 4.78 is 29.2. The van der Waals surface area contributed by atoms with Crippen LogP contribution in [0.15, 0.2) is 42.7 Å². The number of halogens is 2. The van der Waals surface area contributed by atoms with Gasteiger partial charge in [-0.3, -0.25) is 14.9 Å². The van der Waals surface area contributed by atoms with Crippen molar-refractivity contribution in [2.75, 3.05) is 0 Å². The first-order chi connectivity index (χ1) is 14.6. The Bertz CT molecular complexity index is 903. The van der Waals surface area contributed by atoms with Crippen molar-refractivity contribution in [2.24, 2.45) is 5.41 Å². The predicted molar refractivity (Wildman–Crippen MR) is 108 cm³/mol. The Morgan fingerprint density at radius 3 is 2.42 bits per heavy atom. The van der Waals surface area contributed by atoms with Gasteiger partial charge in [-0.2, -0.15) is 8.78 Å². The second kappa shape index (κ2) is 9.34. The van der Waals surface area contributed by atoms with E-state index in [2.05, 4.69) is 30.7 Å². The van der Waals surface area contributed by atoms with Crippen LogP contribution in [-0.2, 0) is 9.59 Å². The van der Waals surface area contributed by atoms with Crippen LogP contribution in [0.2, 0.25) is 0 Å². The molecule has 2 amide bonds. The minimum atomic E-state index is -2.91. The molecule has 10 heteroatoms. The fraction of sp³-hybridized carbons (Fsp3) is 0.429. The molecule has 8 nitrogen and oxygen atoms in total. The first kappa shape index (κ1) is 22.5. The standard InChI is InChI=1S/C21H25F2N5O3/c1-21(2,3)16(12-5-7-13(8-6-12)31-20(22)23)28-19(30)14-11-15(29)27-18(26-14)17-24-9-4-10-25-17/h4-10,14,16,18,20,26H,11H2,1-3H3,(H,27,29)(H,28,30)/t14?,16-,18?/m0/s1. The van der Waals surface area contributed by atoms with Gasteiger partial charge >= 0.3 is 6.61 Å². The molecule has 1 fully saturated rings. The van der Waals surface area contributed by atoms with Gasteiger partial charge in [0, 0.05) is 12.4 Å². The maximum absolute atomic E-state index is 13.0. The minimum absolute atomic E-state index is 0.0345. The number of alkyl halides is 2. The Morgan fingerprint density at radius 2 is 1.84 bits per heavy atom. The molecule has 1 aromatic heterocycles. The second-order valence-corrected chi connectivity index (χ2v) is 8.29. The molecule has 0 saturated carbocycles. The average molecular weight is 433 g/mol. The van der Waals surface area contributed by atoms with Gasteiger partial charge in [-0.25, -0.2) is 9.97 Å². The number of nitrogens with zero attached hydrogens (tertiary/aromatic N) is 2. The molecule has 3 rings (SSSR count). The highest BCUT2D eigenvalue weighted by atomic mass is 19.3. The van der Waals surface area contributed by atoms with Crippen LogP contribution >= 0.6 is 0 Å². The van der Waals surface area contributed by atoms with E-state index in [4.69, 9.17) is 0 Å². The molecular formula is C21H25F2N5O3. The number of hydrogen-bond acceptors (Lipinski definition) is 6. The lowest BCUT2D eigenvalue weighted by Gasteiger charge is -2.35. The maximum atomic E-state index is 13.0. The quantitative estimate of drug-likeness (QED) is 0.646. The SMILES string of the molecule is CC(C)(C)[C@@H](NC(=O)C1CC(=O)NC(c2ncccn2)N1)c1ccc(OC(F)F)cc1. The lowest BCUT2D eigenvalue weighted by Crippen LogP contribution is -2.57. The van der Waals surface area contributed by atoms with Crippen LogP contribution in [0.5, 0.6) is 5.75 Å². The van der Waals surface area contributed by atoms with E-state index < -0.39 is 24.9 Å². The minimum Gasteiger partial charge on any atom is -0.435 e. The van der Waals surface area contributed by atoms with Gasteiger partial charge in [0.05, 0.1) is 18.5 Å². The van der Waals surface area contributed by atoms with Gasteiger partial charge in [0.25, 0.3) is 0 Å². The fourth-order valence-electron chi connectivity index (χ4n) is 3.36. The summed E-state index contributed by atoms with van der Waals surface area (Å²) in [6, 6.07) is 6.57. The molecule has 2 aromatic rings. The average Bonchev–Trinajstić information content (AvgIpc) is 2.71. The molecular weight excluding hydrogens is 408 g/mol. The van der Waals surface area contributed by atoms with Gasteiger partial charge in [-0.05, 0) is 29.2 Å². The fourth-order valence-corrected chi connectivity index (χ4v) is 3.36. The summed E-state index contributed by atoms with van der Waals surface area (Å²) in [4.78, 5) is 33.5. The number of amides is 2. The molecule has 1 aliphatic rings. The molecule has 0 aliphatic carbocycles. The molecule has 2 unspecified atom stereocenters. The normalized spacial score (nSPS) is 20.1. The zero-order chi connectivity index (χ0) is 22.6. The third-order valence-corrected chi connectivity index (χ3v) is 4.81. The summed E-state index contributed by atoms with van der Waals surface area (Å²) in [5.41, 5.74) is 0.338. The Kier molecular flexibility index (Phi) is 6.79. The highest BCUT2D eigenvalue weighted by Gasteiger charge is 2.35. The highest BCUT2D eigenvalue weighted by molar-refractivity contribution is 5.89. The number of nitrogens with one attached hydrogen (secondary N) is 3. The van der Waals surface area contributed by atoms with Crippen molar-refractivity contribution in [1.29, 1.82) is 0 Å². The molecule has 3 atom stereocenters. The summed E-state index contributed by atoms with van der Waals surface area (Å²) in [7, 11) is 0. The molecule has 3 N–H and O–H groups in total. The Morgan fingerprint density at radius 1 is 1.19 bits per heavy atom. The lowest BCUT2D eigenvalue weighted by molar-refractivity contribution is -0.132. The van der Waals surface area contributed by atoms with Crippen LogP contribution in [0.4, 0.5) is 8.78 Å². The summed E-state index contributed by atoms with van der Waals surface area (Å²) in [6.07, 6.45) is 2.39. The summed E-state index contributed by atoms with van der Waals surface area (Å²) >= 11 is 0. The number of carbonyl (C=O) groups is 2. The number of aromatic nitrogens is 2. The summed E-state index contributed by atoms with van der Waals surface area (Å²) in [5.74, 6) is -0.259. The molecule has 1 aliphatic heterocycles. The molecule has 31 heavy (non-hydrogen) atoms. The Balaban J connectivity index is 1.75. The number of benzene rings is 1. The first-order valence-corrected chi connectivity index (χ1v) is 9.81. The molecule has 1 aromatic carbocycles. The van der Waals surface area contributed by atoms with Crippen LogP contribution in [0.25, 0.3) is 0 Å². The molecule has 0 bridgehead atoms. The molecule has 166 valence electrons. The van der Waals surface area contributed by atoms with Crippen LogP contribution in [0.3, 0.4) is 0 Å². The van der Waals surface area contributed by atoms with Crippen LogP contribution in [-0.4, -0.2) is 34.4 Å². The largest absolute Gasteiger partial charge is 0.435 e. The van der Waals surface area contributed by atoms with Crippen molar-refractivity contribution in [2.45, 2.75) is 52.1 Å². The van der Waals surface area contributed by atoms with E-state index in [-0.39, 0.29) is 29.4 Å². The van der Waals surface area contributed by atoms with E-state index in [1.54, 1.807) is 30.6 Å². The predicted octanol–water partition coefficient (Wildman–Crippen LogP) is 2.46. The number of hydrogen-bond donors (Lipinski definition) is 3. The lowest BCUT2D eigenvalue weighted by atomic mass is 9.82. The van der Waals surface area contributed by atoms with Crippen LogP contribution < -0.4 is 20.7 Å². The van der Waals surface area contributed by atoms with Crippen molar-refractivity contribution in [3.63, 3.8) is 0 Å². The Hall–Kier alpha value is -3.14. The van der Waals surface area contributed by atoms with E-state index in [1.165, 1.54) is 12.1 Å². The molecule has 2 heterocycles. The Labute approximate surface area is 178 Å². The van der Waals surface area contributed by atoms with E-state index in [0.717, 1.165) is 5.56 Å². The summed E-state index contributed by atoms with van der Waals surface area (Å²) in [6.45, 7) is 2.93. The third-order valence-electron chi connectivity index (χ3n) is 4.81. The molecule has 0 radical (unpaired) electrons. The molecule has 1 saturated heterocycles. The monoisotopic (exact) mass is 433 g/mol. The van der Waals surface area contributed by atoms with Gasteiger partial charge in [-0.15, -0.1) is 0 Å². The summed E-state index contributed by atoms with van der Waals surface area (Å²) in [5, 5.41) is 8.78. The first-order valence-electron chi connectivity index (χ1n) is 9.81. The van der Waals surface area contributed by atoms with Crippen molar-refractivity contribution >= 4 is 11.8 Å². The van der Waals surface area contributed by atoms with E-state index in [1.807, 2.05) is 20.8 Å². The van der Waals surface area contributed by atoms with Gasteiger partial charge in [0.1, 0.15) is 11.9 Å². The highest BCUT2D eigenvalue weighted by Crippen LogP contribution is 2.34. The zero-order valence-electron chi connectivity index (χ0n) is 17.4.